The molecular formula is C41H72N6O7. The van der Waals surface area contributed by atoms with Crippen molar-refractivity contribution < 1.29 is 33.4 Å². The van der Waals surface area contributed by atoms with Crippen molar-refractivity contribution in [3.05, 3.63) is 35.9 Å². The first-order valence-electron chi connectivity index (χ1n) is 19.6. The Kier molecular flexibility index (Phi) is 19.0. The molecule has 1 fully saturated rings. The van der Waals surface area contributed by atoms with E-state index < -0.39 is 48.3 Å². The van der Waals surface area contributed by atoms with E-state index in [2.05, 4.69) is 10.6 Å². The minimum atomic E-state index is -0.769. The van der Waals surface area contributed by atoms with Crippen LogP contribution < -0.4 is 16.4 Å². The van der Waals surface area contributed by atoms with Crippen LogP contribution in [0.3, 0.4) is 0 Å². The molecule has 0 aliphatic carbocycles. The lowest BCUT2D eigenvalue weighted by atomic mass is 9.89. The summed E-state index contributed by atoms with van der Waals surface area (Å²) in [4.78, 5) is 61.0. The second-order valence-electron chi connectivity index (χ2n) is 16.1. The molecule has 1 aromatic rings. The summed E-state index contributed by atoms with van der Waals surface area (Å²) >= 11 is 0. The summed E-state index contributed by atoms with van der Waals surface area (Å²) in [7, 11) is 10.2. The number of methoxy groups -OCH3 is 3. The van der Waals surface area contributed by atoms with Crippen molar-refractivity contribution in [2.45, 2.75) is 129 Å². The van der Waals surface area contributed by atoms with Gasteiger partial charge in [-0.25, -0.2) is 0 Å². The van der Waals surface area contributed by atoms with Gasteiger partial charge in [-0.05, 0) is 50.8 Å². The Balaban J connectivity index is 2.33. The predicted molar refractivity (Wildman–Crippen MR) is 212 cm³/mol. The normalized spacial score (nSPS) is 21.2. The number of carbonyl (C=O) groups excluding carboxylic acids is 4. The number of carbonyl (C=O) groups is 4. The monoisotopic (exact) mass is 761 g/mol. The highest BCUT2D eigenvalue weighted by Gasteiger charge is 2.46. The van der Waals surface area contributed by atoms with E-state index in [-0.39, 0.29) is 59.9 Å². The predicted octanol–water partition coefficient (Wildman–Crippen LogP) is 3.46. The van der Waals surface area contributed by atoms with Gasteiger partial charge >= 0.3 is 0 Å². The number of rotatable bonds is 21. The summed E-state index contributed by atoms with van der Waals surface area (Å²) in [5.41, 5.74) is 7.40. The highest BCUT2D eigenvalue weighted by atomic mass is 16.5. The SMILES string of the molecule is CC[C@H](C)[C@@H]([C@@H](CC(=O)N1C[C@H](OC)C[C@H]1[C@H](OC)[C@@H](C)C(=O)N[C@H](C)C(N)c1ccccc1)OC)N(C)C(=O)[C@@H](NC(=O)[C@H](C(C)C)N(C)C)C(C)C. The van der Waals surface area contributed by atoms with E-state index in [1.807, 2.05) is 97.8 Å². The Bertz CT molecular complexity index is 1320. The molecule has 1 aliphatic rings. The third kappa shape index (κ3) is 11.9. The van der Waals surface area contributed by atoms with Crippen LogP contribution in [0.15, 0.2) is 30.3 Å². The van der Waals surface area contributed by atoms with Crippen LogP contribution in [0.5, 0.6) is 0 Å². The topological polar surface area (TPSA) is 156 Å². The summed E-state index contributed by atoms with van der Waals surface area (Å²) in [6.45, 7) is 15.9. The maximum Gasteiger partial charge on any atom is 0.245 e. The number of hydrogen-bond donors (Lipinski definition) is 3. The smallest absolute Gasteiger partial charge is 0.245 e. The van der Waals surface area contributed by atoms with E-state index in [0.29, 0.717) is 13.0 Å². The minimum Gasteiger partial charge on any atom is -0.380 e. The van der Waals surface area contributed by atoms with Crippen molar-refractivity contribution >= 4 is 23.6 Å². The lowest BCUT2D eigenvalue weighted by molar-refractivity contribution is -0.148. The Morgan fingerprint density at radius 2 is 1.50 bits per heavy atom. The average molecular weight is 761 g/mol. The quantitative estimate of drug-likeness (QED) is 0.171. The molecule has 0 bridgehead atoms. The molecule has 1 aliphatic heterocycles. The molecule has 1 unspecified atom stereocenters. The Morgan fingerprint density at radius 3 is 1.98 bits per heavy atom. The van der Waals surface area contributed by atoms with Crippen molar-refractivity contribution in [2.75, 3.05) is 49.0 Å². The molecule has 1 aromatic carbocycles. The van der Waals surface area contributed by atoms with Crippen LogP contribution in [-0.2, 0) is 33.4 Å². The maximum absolute atomic E-state index is 14.4. The van der Waals surface area contributed by atoms with Crippen LogP contribution in [0.2, 0.25) is 0 Å². The molecule has 4 N–H and O–H groups in total. The number of amides is 4. The molecule has 1 heterocycles. The number of hydrogen-bond acceptors (Lipinski definition) is 9. The van der Waals surface area contributed by atoms with Gasteiger partial charge in [0, 0.05) is 47.0 Å². The number of ether oxygens (including phenoxy) is 3. The van der Waals surface area contributed by atoms with Gasteiger partial charge in [0.2, 0.25) is 23.6 Å². The van der Waals surface area contributed by atoms with E-state index in [9.17, 15) is 19.2 Å². The fourth-order valence-corrected chi connectivity index (χ4v) is 7.97. The summed E-state index contributed by atoms with van der Waals surface area (Å²) in [5, 5.41) is 6.11. The molecular weight excluding hydrogens is 688 g/mol. The number of nitrogens with zero attached hydrogens (tertiary/aromatic N) is 3. The highest BCUT2D eigenvalue weighted by Crippen LogP contribution is 2.31. The van der Waals surface area contributed by atoms with E-state index in [4.69, 9.17) is 19.9 Å². The first kappa shape index (κ1) is 47.1. The van der Waals surface area contributed by atoms with Crippen molar-refractivity contribution in [2.24, 2.45) is 29.4 Å². The number of nitrogens with one attached hydrogen (secondary N) is 2. The summed E-state index contributed by atoms with van der Waals surface area (Å²) in [5.74, 6) is -1.64. The van der Waals surface area contributed by atoms with Crippen LogP contribution in [0.1, 0.15) is 86.3 Å². The molecule has 13 nitrogen and oxygen atoms in total. The van der Waals surface area contributed by atoms with Crippen LogP contribution >= 0.6 is 0 Å². The molecule has 11 atom stereocenters. The second kappa shape index (κ2) is 21.8. The zero-order valence-electron chi connectivity index (χ0n) is 35.5. The number of benzene rings is 1. The van der Waals surface area contributed by atoms with Crippen LogP contribution in [0.4, 0.5) is 0 Å². The molecule has 0 aromatic heterocycles. The number of nitrogens with two attached hydrogens (primary N) is 1. The van der Waals surface area contributed by atoms with Crippen molar-refractivity contribution in [1.29, 1.82) is 0 Å². The van der Waals surface area contributed by atoms with Gasteiger partial charge in [-0.2, -0.15) is 0 Å². The lowest BCUT2D eigenvalue weighted by Crippen LogP contribution is -2.59. The summed E-state index contributed by atoms with van der Waals surface area (Å²) in [6, 6.07) is 6.78. The van der Waals surface area contributed by atoms with Gasteiger partial charge in [-0.15, -0.1) is 0 Å². The molecule has 0 spiro atoms. The van der Waals surface area contributed by atoms with Gasteiger partial charge in [0.25, 0.3) is 0 Å². The van der Waals surface area contributed by atoms with Gasteiger partial charge in [0.05, 0.1) is 48.8 Å². The van der Waals surface area contributed by atoms with Gasteiger partial charge in [0.15, 0.2) is 0 Å². The molecule has 0 radical (unpaired) electrons. The van der Waals surface area contributed by atoms with Gasteiger partial charge in [-0.3, -0.25) is 24.1 Å². The van der Waals surface area contributed by atoms with E-state index in [1.54, 1.807) is 45.1 Å². The van der Waals surface area contributed by atoms with Crippen LogP contribution in [0.25, 0.3) is 0 Å². The molecule has 13 heteroatoms. The summed E-state index contributed by atoms with van der Waals surface area (Å²) < 4.78 is 17.8. The minimum absolute atomic E-state index is 0.00913. The molecule has 308 valence electrons. The largest absolute Gasteiger partial charge is 0.380 e. The van der Waals surface area contributed by atoms with Crippen LogP contribution in [-0.4, -0.2) is 136 Å². The van der Waals surface area contributed by atoms with Gasteiger partial charge < -0.3 is 40.4 Å². The second-order valence-corrected chi connectivity index (χ2v) is 16.1. The maximum atomic E-state index is 14.4. The Labute approximate surface area is 325 Å². The van der Waals surface area contributed by atoms with Crippen LogP contribution in [0, 0.1) is 23.7 Å². The molecule has 2 rings (SSSR count). The number of likely N-dealkylation sites (N-methyl/N-ethyl adjacent to an activating group) is 2. The Morgan fingerprint density at radius 1 is 0.889 bits per heavy atom. The molecule has 0 saturated carbocycles. The van der Waals surface area contributed by atoms with Crippen molar-refractivity contribution in [1.82, 2.24) is 25.3 Å². The van der Waals surface area contributed by atoms with E-state index in [0.717, 1.165) is 12.0 Å². The molecule has 54 heavy (non-hydrogen) atoms. The fraction of sp³-hybridized carbons (Fsp3) is 0.756. The number of likely N-dealkylation sites (tertiary alicyclic amines) is 1. The van der Waals surface area contributed by atoms with Gasteiger partial charge in [-0.1, -0.05) is 85.2 Å². The third-order valence-corrected chi connectivity index (χ3v) is 11.4. The molecule has 1 saturated heterocycles. The zero-order chi connectivity index (χ0) is 41.0. The standard InChI is InChI=1S/C41H72N6O7/c1-15-26(6)37(46(11)41(51)35(24(2)3)44-40(50)36(25(4)5)45(9)10)32(53-13)22-33(48)47-23-30(52-12)21-31(47)38(54-14)27(7)39(49)43-28(8)34(42)29-19-17-16-18-20-29/h16-20,24-28,30-32,34-38H,15,21-23,42H2,1-14H3,(H,43,49)(H,44,50)/t26-,27+,28+,30+,31-,32+,34?,35-,36-,37-,38+/m0/s1. The Hall–Kier alpha value is -3.10. The average Bonchev–Trinajstić information content (AvgIpc) is 3.57. The lowest BCUT2D eigenvalue weighted by Gasteiger charge is -2.41. The van der Waals surface area contributed by atoms with E-state index in [1.165, 1.54) is 0 Å². The van der Waals surface area contributed by atoms with Crippen molar-refractivity contribution in [3.8, 4) is 0 Å². The highest BCUT2D eigenvalue weighted by molar-refractivity contribution is 5.90. The first-order valence-corrected chi connectivity index (χ1v) is 19.6. The molecule has 4 amide bonds. The summed E-state index contributed by atoms with van der Waals surface area (Å²) in [6.07, 6.45) is -0.322. The van der Waals surface area contributed by atoms with Gasteiger partial charge in [0.1, 0.15) is 6.04 Å². The van der Waals surface area contributed by atoms with E-state index >= 15 is 0 Å². The third-order valence-electron chi connectivity index (χ3n) is 11.4. The van der Waals surface area contributed by atoms with Crippen molar-refractivity contribution in [3.63, 3.8) is 0 Å². The first-order chi connectivity index (χ1) is 25.4. The zero-order valence-corrected chi connectivity index (χ0v) is 35.5. The fourth-order valence-electron chi connectivity index (χ4n) is 7.97.